The van der Waals surface area contributed by atoms with Crippen molar-refractivity contribution in [3.63, 3.8) is 0 Å². The zero-order valence-corrected chi connectivity index (χ0v) is 24.1. The monoisotopic (exact) mass is 554 g/mol. The van der Waals surface area contributed by atoms with Crippen LogP contribution >= 0.6 is 0 Å². The van der Waals surface area contributed by atoms with Gasteiger partial charge in [-0.1, -0.05) is 73.5 Å². The Morgan fingerprint density at radius 1 is 0.500 bits per heavy atom. The van der Waals surface area contributed by atoms with Crippen LogP contribution in [0.15, 0.2) is 60.7 Å². The van der Waals surface area contributed by atoms with Gasteiger partial charge in [-0.2, -0.15) is 0 Å². The Morgan fingerprint density at radius 2 is 0.775 bits per heavy atom. The van der Waals surface area contributed by atoms with E-state index in [1.54, 1.807) is 27.7 Å². The molecule has 0 fully saturated rings. The number of benzene rings is 2. The first kappa shape index (κ1) is 32.5. The summed E-state index contributed by atoms with van der Waals surface area (Å²) < 4.78 is 21.5. The number of carbonyl (C=O) groups is 4. The minimum atomic E-state index is -1.57. The molecule has 0 saturated carbocycles. The number of unbranched alkanes of at least 4 members (excludes halogenated alkanes) is 1. The Balaban J connectivity index is 2.39. The average molecular weight is 555 g/mol. The van der Waals surface area contributed by atoms with Gasteiger partial charge in [0.15, 0.2) is 10.8 Å². The fourth-order valence-electron chi connectivity index (χ4n) is 4.86. The SMILES string of the molecule is CCOC(=O)C(CCCCC(Cc1ccccc1)(C(=O)OCC)C(=O)OCC)(Cc1ccccc1)C(=O)OCC. The first-order valence-corrected chi connectivity index (χ1v) is 14.1. The number of carbonyl (C=O) groups excluding carboxylic acids is 4. The number of ether oxygens (including phenoxy) is 4. The molecule has 8 heteroatoms. The quantitative estimate of drug-likeness (QED) is 0.113. The van der Waals surface area contributed by atoms with E-state index in [-0.39, 0.29) is 52.1 Å². The predicted molar refractivity (Wildman–Crippen MR) is 150 cm³/mol. The van der Waals surface area contributed by atoms with Crippen LogP contribution in [0.1, 0.15) is 64.5 Å². The molecule has 0 aliphatic carbocycles. The average Bonchev–Trinajstić information content (AvgIpc) is 2.95. The van der Waals surface area contributed by atoms with Gasteiger partial charge in [-0.05, 0) is 64.5 Å². The normalized spacial score (nSPS) is 11.4. The highest BCUT2D eigenvalue weighted by atomic mass is 16.6. The van der Waals surface area contributed by atoms with Crippen LogP contribution in [0.3, 0.4) is 0 Å². The summed E-state index contributed by atoms with van der Waals surface area (Å²) in [6.07, 6.45) is 1.14. The van der Waals surface area contributed by atoms with Crippen molar-refractivity contribution < 1.29 is 38.1 Å². The first-order chi connectivity index (χ1) is 19.3. The van der Waals surface area contributed by atoms with Crippen LogP contribution in [0.2, 0.25) is 0 Å². The molecule has 0 saturated heterocycles. The smallest absolute Gasteiger partial charge is 0.323 e. The van der Waals surface area contributed by atoms with Gasteiger partial charge in [-0.25, -0.2) is 0 Å². The van der Waals surface area contributed by atoms with Gasteiger partial charge < -0.3 is 18.9 Å². The third-order valence-corrected chi connectivity index (χ3v) is 6.82. The molecule has 8 nitrogen and oxygen atoms in total. The van der Waals surface area contributed by atoms with Crippen molar-refractivity contribution in [2.75, 3.05) is 26.4 Å². The molecule has 0 unspecified atom stereocenters. The lowest BCUT2D eigenvalue weighted by Crippen LogP contribution is -2.45. The molecule has 2 rings (SSSR count). The lowest BCUT2D eigenvalue weighted by Gasteiger charge is -2.31. The lowest BCUT2D eigenvalue weighted by molar-refractivity contribution is -0.175. The Hall–Kier alpha value is -3.68. The second-order valence-electron chi connectivity index (χ2n) is 9.58. The molecular formula is C32H42O8. The summed E-state index contributed by atoms with van der Waals surface area (Å²) in [5.74, 6) is -2.60. The van der Waals surface area contributed by atoms with Gasteiger partial charge in [0, 0.05) is 0 Å². The maximum Gasteiger partial charge on any atom is 0.323 e. The summed E-state index contributed by atoms with van der Waals surface area (Å²) in [5, 5.41) is 0. The molecule has 0 aliphatic heterocycles. The second kappa shape index (κ2) is 16.4. The van der Waals surface area contributed by atoms with Gasteiger partial charge in [-0.3, -0.25) is 19.2 Å². The summed E-state index contributed by atoms with van der Waals surface area (Å²) in [7, 11) is 0. The van der Waals surface area contributed by atoms with Crippen molar-refractivity contribution in [2.45, 2.75) is 66.2 Å². The Kier molecular flexibility index (Phi) is 13.4. The largest absolute Gasteiger partial charge is 0.465 e. The molecule has 0 spiro atoms. The molecule has 0 amide bonds. The minimum absolute atomic E-state index is 0.108. The summed E-state index contributed by atoms with van der Waals surface area (Å²) in [4.78, 5) is 53.3. The van der Waals surface area contributed by atoms with Crippen LogP contribution in [0.4, 0.5) is 0 Å². The highest BCUT2D eigenvalue weighted by molar-refractivity contribution is 6.01. The molecule has 0 aliphatic rings. The van der Waals surface area contributed by atoms with E-state index in [1.165, 1.54) is 0 Å². The van der Waals surface area contributed by atoms with Gasteiger partial charge in [-0.15, -0.1) is 0 Å². The van der Waals surface area contributed by atoms with E-state index in [0.29, 0.717) is 12.8 Å². The maximum absolute atomic E-state index is 13.3. The zero-order chi connectivity index (χ0) is 29.4. The van der Waals surface area contributed by atoms with Crippen molar-refractivity contribution in [3.05, 3.63) is 71.8 Å². The van der Waals surface area contributed by atoms with E-state index in [1.807, 2.05) is 60.7 Å². The van der Waals surface area contributed by atoms with E-state index in [0.717, 1.165) is 11.1 Å². The predicted octanol–water partition coefficient (Wildman–Crippen LogP) is 5.26. The van der Waals surface area contributed by atoms with E-state index < -0.39 is 34.7 Å². The van der Waals surface area contributed by atoms with Crippen molar-refractivity contribution >= 4 is 23.9 Å². The second-order valence-corrected chi connectivity index (χ2v) is 9.58. The highest BCUT2D eigenvalue weighted by Crippen LogP contribution is 2.37. The summed E-state index contributed by atoms with van der Waals surface area (Å²) in [6, 6.07) is 18.5. The summed E-state index contributed by atoms with van der Waals surface area (Å²) in [6.45, 7) is 7.20. The molecule has 0 atom stereocenters. The molecule has 2 aromatic carbocycles. The first-order valence-electron chi connectivity index (χ1n) is 14.1. The lowest BCUT2D eigenvalue weighted by atomic mass is 9.74. The van der Waals surface area contributed by atoms with Crippen LogP contribution in [0.5, 0.6) is 0 Å². The summed E-state index contributed by atoms with van der Waals surface area (Å²) >= 11 is 0. The van der Waals surface area contributed by atoms with E-state index in [4.69, 9.17) is 18.9 Å². The minimum Gasteiger partial charge on any atom is -0.465 e. The number of esters is 4. The number of rotatable bonds is 17. The van der Waals surface area contributed by atoms with Gasteiger partial charge in [0.25, 0.3) is 0 Å². The molecule has 2 aromatic rings. The van der Waals surface area contributed by atoms with Crippen LogP contribution < -0.4 is 0 Å². The number of hydrogen-bond acceptors (Lipinski definition) is 8. The van der Waals surface area contributed by atoms with Gasteiger partial charge in [0.1, 0.15) is 0 Å². The molecule has 0 bridgehead atoms. The van der Waals surface area contributed by atoms with E-state index >= 15 is 0 Å². The topological polar surface area (TPSA) is 105 Å². The maximum atomic E-state index is 13.3. The van der Waals surface area contributed by atoms with Crippen LogP contribution in [0.25, 0.3) is 0 Å². The Bertz CT molecular complexity index is 957. The highest BCUT2D eigenvalue weighted by Gasteiger charge is 2.50. The van der Waals surface area contributed by atoms with Crippen molar-refractivity contribution in [2.24, 2.45) is 10.8 Å². The molecule has 0 aromatic heterocycles. The third kappa shape index (κ3) is 8.41. The zero-order valence-electron chi connectivity index (χ0n) is 24.1. The van der Waals surface area contributed by atoms with Crippen molar-refractivity contribution in [1.29, 1.82) is 0 Å². The standard InChI is InChI=1S/C32H42O8/c1-5-37-27(33)31(28(34)38-6-2,23-25-17-11-9-12-18-25)21-15-16-22-32(29(35)39-7-3,30(36)40-8-4)24-26-19-13-10-14-20-26/h9-14,17-20H,5-8,15-16,21-24H2,1-4H3. The van der Waals surface area contributed by atoms with Crippen molar-refractivity contribution in [1.82, 2.24) is 0 Å². The molecule has 218 valence electrons. The Labute approximate surface area is 237 Å². The van der Waals surface area contributed by atoms with Crippen molar-refractivity contribution in [3.8, 4) is 0 Å². The molecular weight excluding hydrogens is 512 g/mol. The van der Waals surface area contributed by atoms with Crippen LogP contribution in [-0.2, 0) is 51.0 Å². The fourth-order valence-corrected chi connectivity index (χ4v) is 4.86. The van der Waals surface area contributed by atoms with Crippen LogP contribution in [-0.4, -0.2) is 50.3 Å². The molecule has 0 radical (unpaired) electrons. The van der Waals surface area contributed by atoms with Gasteiger partial charge in [0.2, 0.25) is 0 Å². The van der Waals surface area contributed by atoms with Gasteiger partial charge >= 0.3 is 23.9 Å². The Morgan fingerprint density at radius 3 is 1.02 bits per heavy atom. The van der Waals surface area contributed by atoms with Gasteiger partial charge in [0.05, 0.1) is 26.4 Å². The van der Waals surface area contributed by atoms with E-state index in [9.17, 15) is 19.2 Å². The van der Waals surface area contributed by atoms with Crippen LogP contribution in [0, 0.1) is 10.8 Å². The molecule has 0 heterocycles. The fraction of sp³-hybridized carbons (Fsp3) is 0.500. The number of hydrogen-bond donors (Lipinski definition) is 0. The van der Waals surface area contributed by atoms with E-state index in [2.05, 4.69) is 0 Å². The molecule has 40 heavy (non-hydrogen) atoms. The third-order valence-electron chi connectivity index (χ3n) is 6.82. The molecule has 0 N–H and O–H groups in total. The summed E-state index contributed by atoms with van der Waals surface area (Å²) in [5.41, 5.74) is -1.55.